The molecule has 1 aliphatic carbocycles. The Morgan fingerprint density at radius 3 is 2.53 bits per heavy atom. The van der Waals surface area contributed by atoms with Crippen molar-refractivity contribution in [3.63, 3.8) is 0 Å². The van der Waals surface area contributed by atoms with Gasteiger partial charge in [0.15, 0.2) is 0 Å². The van der Waals surface area contributed by atoms with Crippen molar-refractivity contribution >= 4 is 11.7 Å². The van der Waals surface area contributed by atoms with Gasteiger partial charge in [0.1, 0.15) is 11.6 Å². The SMILES string of the molecule is O=C(Nc1c(-c2cc(F)ccc2F)ccnc1C1CCC(F)(F)CC1)N1Cc2ccc(CO)cc2C1. The molecule has 2 heterocycles. The highest BCUT2D eigenvalue weighted by Gasteiger charge is 2.37. The Balaban J connectivity index is 1.50. The third-order valence-electron chi connectivity index (χ3n) is 7.00. The van der Waals surface area contributed by atoms with Crippen LogP contribution in [0.3, 0.4) is 0 Å². The van der Waals surface area contributed by atoms with E-state index in [1.165, 1.54) is 12.3 Å². The number of amides is 2. The lowest BCUT2D eigenvalue weighted by Crippen LogP contribution is -2.31. The molecular formula is C27H25F4N3O2. The number of carbonyl (C=O) groups is 1. The lowest BCUT2D eigenvalue weighted by molar-refractivity contribution is -0.0384. The zero-order valence-corrected chi connectivity index (χ0v) is 19.4. The zero-order chi connectivity index (χ0) is 25.4. The minimum absolute atomic E-state index is 0.0487. The molecule has 1 aromatic heterocycles. The van der Waals surface area contributed by atoms with E-state index < -0.39 is 23.6 Å². The van der Waals surface area contributed by atoms with Crippen molar-refractivity contribution in [2.45, 2.75) is 57.2 Å². The number of carbonyl (C=O) groups excluding carboxylic acids is 1. The smallest absolute Gasteiger partial charge is 0.322 e. The molecule has 36 heavy (non-hydrogen) atoms. The number of hydrogen-bond acceptors (Lipinski definition) is 3. The van der Waals surface area contributed by atoms with Crippen LogP contribution in [0.1, 0.15) is 54.0 Å². The van der Waals surface area contributed by atoms with E-state index >= 15 is 0 Å². The molecule has 0 saturated heterocycles. The summed E-state index contributed by atoms with van der Waals surface area (Å²) in [4.78, 5) is 19.3. The summed E-state index contributed by atoms with van der Waals surface area (Å²) in [5.74, 6) is -4.43. The van der Waals surface area contributed by atoms with Crippen molar-refractivity contribution in [2.24, 2.45) is 0 Å². The van der Waals surface area contributed by atoms with Crippen molar-refractivity contribution < 1.29 is 27.5 Å². The number of benzene rings is 2. The fourth-order valence-electron chi connectivity index (χ4n) is 5.04. The molecular weight excluding hydrogens is 474 g/mol. The first-order valence-electron chi connectivity index (χ1n) is 11.8. The first kappa shape index (κ1) is 24.2. The quantitative estimate of drug-likeness (QED) is 0.411. The van der Waals surface area contributed by atoms with E-state index in [1.807, 2.05) is 12.1 Å². The van der Waals surface area contributed by atoms with Gasteiger partial charge in [-0.2, -0.15) is 0 Å². The Bertz CT molecular complexity index is 1300. The Kier molecular flexibility index (Phi) is 6.42. The van der Waals surface area contributed by atoms with Crippen molar-refractivity contribution in [3.05, 3.63) is 82.7 Å². The number of nitrogens with one attached hydrogen (secondary N) is 1. The van der Waals surface area contributed by atoms with E-state index in [1.54, 1.807) is 11.0 Å². The Morgan fingerprint density at radius 2 is 1.78 bits per heavy atom. The van der Waals surface area contributed by atoms with E-state index in [4.69, 9.17) is 0 Å². The first-order chi connectivity index (χ1) is 17.2. The lowest BCUT2D eigenvalue weighted by Gasteiger charge is -2.30. The van der Waals surface area contributed by atoms with Gasteiger partial charge in [0.25, 0.3) is 0 Å². The Labute approximate surface area is 205 Å². The highest BCUT2D eigenvalue weighted by molar-refractivity contribution is 5.95. The standard InChI is InChI=1S/C27H25F4N3O2/c28-20-3-4-23(29)22(12-20)21-7-10-32-24(17-5-8-27(30,31)9-6-17)25(21)33-26(36)34-13-18-2-1-16(15-35)11-19(18)14-34/h1-4,7,10-12,17,35H,5-6,8-9,13-15H2,(H,33,36). The lowest BCUT2D eigenvalue weighted by atomic mass is 9.83. The summed E-state index contributed by atoms with van der Waals surface area (Å²) in [6.07, 6.45) is 1.15. The second kappa shape index (κ2) is 9.54. The molecule has 0 bridgehead atoms. The van der Waals surface area contributed by atoms with Crippen molar-refractivity contribution in [3.8, 4) is 11.1 Å². The number of hydrogen-bond donors (Lipinski definition) is 2. The second-order valence-corrected chi connectivity index (χ2v) is 9.42. The van der Waals surface area contributed by atoms with Gasteiger partial charge in [-0.3, -0.25) is 4.98 Å². The van der Waals surface area contributed by atoms with Crippen LogP contribution < -0.4 is 5.32 Å². The van der Waals surface area contributed by atoms with Gasteiger partial charge in [0.05, 0.1) is 18.0 Å². The first-order valence-corrected chi connectivity index (χ1v) is 11.8. The van der Waals surface area contributed by atoms with Crippen LogP contribution in [-0.4, -0.2) is 26.9 Å². The molecule has 0 radical (unpaired) electrons. The fraction of sp³-hybridized carbons (Fsp3) is 0.333. The van der Waals surface area contributed by atoms with Crippen LogP contribution in [0.2, 0.25) is 0 Å². The van der Waals surface area contributed by atoms with Crippen LogP contribution in [0.25, 0.3) is 11.1 Å². The van der Waals surface area contributed by atoms with E-state index in [0.717, 1.165) is 34.9 Å². The maximum Gasteiger partial charge on any atom is 0.322 e. The summed E-state index contributed by atoms with van der Waals surface area (Å²) in [7, 11) is 0. The van der Waals surface area contributed by atoms with Crippen LogP contribution in [0, 0.1) is 11.6 Å². The number of alkyl halides is 2. The molecule has 9 heteroatoms. The maximum absolute atomic E-state index is 14.8. The molecule has 2 aromatic carbocycles. The predicted octanol–water partition coefficient (Wildman–Crippen LogP) is 6.36. The van der Waals surface area contributed by atoms with Gasteiger partial charge in [0.2, 0.25) is 5.92 Å². The average molecular weight is 500 g/mol. The molecule has 0 unspecified atom stereocenters. The summed E-state index contributed by atoms with van der Waals surface area (Å²) in [5, 5.41) is 12.2. The van der Waals surface area contributed by atoms with Gasteiger partial charge in [-0.1, -0.05) is 18.2 Å². The molecule has 0 atom stereocenters. The fourth-order valence-corrected chi connectivity index (χ4v) is 5.04. The summed E-state index contributed by atoms with van der Waals surface area (Å²) >= 11 is 0. The Hall–Kier alpha value is -3.46. The van der Waals surface area contributed by atoms with Crippen molar-refractivity contribution in [1.82, 2.24) is 9.88 Å². The third-order valence-corrected chi connectivity index (χ3v) is 7.00. The number of aliphatic hydroxyl groups excluding tert-OH is 1. The van der Waals surface area contributed by atoms with Gasteiger partial charge in [0, 0.05) is 49.2 Å². The molecule has 1 saturated carbocycles. The van der Waals surface area contributed by atoms with Gasteiger partial charge in [-0.05, 0) is 53.8 Å². The summed E-state index contributed by atoms with van der Waals surface area (Å²) < 4.78 is 56.5. The van der Waals surface area contributed by atoms with E-state index in [9.17, 15) is 27.5 Å². The second-order valence-electron chi connectivity index (χ2n) is 9.42. The van der Waals surface area contributed by atoms with Crippen LogP contribution in [-0.2, 0) is 19.7 Å². The molecule has 2 aliphatic rings. The van der Waals surface area contributed by atoms with Crippen LogP contribution in [0.5, 0.6) is 0 Å². The number of pyridine rings is 1. The van der Waals surface area contributed by atoms with Crippen LogP contribution in [0.4, 0.5) is 28.0 Å². The number of aromatic nitrogens is 1. The third kappa shape index (κ3) is 4.80. The average Bonchev–Trinajstić information content (AvgIpc) is 3.29. The zero-order valence-electron chi connectivity index (χ0n) is 19.4. The number of rotatable bonds is 4. The number of fused-ring (bicyclic) bond motifs is 1. The van der Waals surface area contributed by atoms with Gasteiger partial charge in [-0.15, -0.1) is 0 Å². The number of halogens is 4. The molecule has 2 amide bonds. The van der Waals surface area contributed by atoms with E-state index in [-0.39, 0.29) is 55.0 Å². The van der Waals surface area contributed by atoms with E-state index in [0.29, 0.717) is 18.8 Å². The molecule has 1 aliphatic heterocycles. The minimum Gasteiger partial charge on any atom is -0.392 e. The molecule has 188 valence electrons. The van der Waals surface area contributed by atoms with E-state index in [2.05, 4.69) is 10.3 Å². The number of anilines is 1. The number of nitrogens with zero attached hydrogens (tertiary/aromatic N) is 2. The van der Waals surface area contributed by atoms with Gasteiger partial charge < -0.3 is 15.3 Å². The number of aliphatic hydroxyl groups is 1. The summed E-state index contributed by atoms with van der Waals surface area (Å²) in [5.41, 5.74) is 3.38. The summed E-state index contributed by atoms with van der Waals surface area (Å²) in [6, 6.07) is 9.57. The minimum atomic E-state index is -2.75. The highest BCUT2D eigenvalue weighted by atomic mass is 19.3. The molecule has 5 rings (SSSR count). The molecule has 2 N–H and O–H groups in total. The van der Waals surface area contributed by atoms with Crippen molar-refractivity contribution in [1.29, 1.82) is 0 Å². The molecule has 1 fully saturated rings. The van der Waals surface area contributed by atoms with Crippen LogP contribution in [0.15, 0.2) is 48.7 Å². The summed E-state index contributed by atoms with van der Waals surface area (Å²) in [6.45, 7) is 0.535. The Morgan fingerprint density at radius 1 is 1.03 bits per heavy atom. The molecule has 5 nitrogen and oxygen atoms in total. The van der Waals surface area contributed by atoms with Gasteiger partial charge >= 0.3 is 6.03 Å². The monoisotopic (exact) mass is 499 g/mol. The molecule has 0 spiro atoms. The maximum atomic E-state index is 14.8. The van der Waals surface area contributed by atoms with Crippen molar-refractivity contribution in [2.75, 3.05) is 5.32 Å². The predicted molar refractivity (Wildman–Crippen MR) is 126 cm³/mol. The van der Waals surface area contributed by atoms with Gasteiger partial charge in [-0.25, -0.2) is 22.4 Å². The molecule has 3 aromatic rings. The normalized spacial score (nSPS) is 17.2. The topological polar surface area (TPSA) is 65.5 Å². The number of urea groups is 1. The highest BCUT2D eigenvalue weighted by Crippen LogP contribution is 2.44. The van der Waals surface area contributed by atoms with Crippen LogP contribution >= 0.6 is 0 Å². The largest absolute Gasteiger partial charge is 0.392 e.